The number of nitrogens with zero attached hydrogens (tertiary/aromatic N) is 1. The van der Waals surface area contributed by atoms with E-state index >= 15 is 0 Å². The molecule has 0 saturated heterocycles. The van der Waals surface area contributed by atoms with Crippen molar-refractivity contribution in [1.82, 2.24) is 4.90 Å². The first kappa shape index (κ1) is 15.9. The molecule has 0 aliphatic rings. The highest BCUT2D eigenvalue weighted by atomic mass is 19.1. The molecule has 0 spiro atoms. The molecular formula is C15H18FNO3. The summed E-state index contributed by atoms with van der Waals surface area (Å²) in [6.45, 7) is 7.08. The van der Waals surface area contributed by atoms with E-state index < -0.39 is 17.7 Å². The van der Waals surface area contributed by atoms with Crippen LogP contribution in [-0.2, 0) is 9.53 Å². The third-order valence-corrected chi connectivity index (χ3v) is 2.62. The van der Waals surface area contributed by atoms with Gasteiger partial charge < -0.3 is 9.64 Å². The average Bonchev–Trinajstić information content (AvgIpc) is 2.38. The zero-order chi connectivity index (χ0) is 15.1. The van der Waals surface area contributed by atoms with Gasteiger partial charge in [0, 0.05) is 6.54 Å². The lowest BCUT2D eigenvalue weighted by atomic mass is 10.1. The molecule has 1 aromatic carbocycles. The lowest BCUT2D eigenvalue weighted by Crippen LogP contribution is -2.37. The fraction of sp³-hybridized carbons (Fsp3) is 0.333. The third-order valence-electron chi connectivity index (χ3n) is 2.62. The van der Waals surface area contributed by atoms with Gasteiger partial charge in [-0.15, -0.1) is 6.58 Å². The molecule has 1 rings (SSSR count). The number of aryl methyl sites for hydroxylation is 1. The molecule has 0 bridgehead atoms. The molecule has 0 aliphatic heterocycles. The maximum atomic E-state index is 13.8. The number of halogens is 1. The molecule has 1 amide bonds. The Morgan fingerprint density at radius 3 is 2.70 bits per heavy atom. The van der Waals surface area contributed by atoms with Gasteiger partial charge in [0.15, 0.2) is 0 Å². The summed E-state index contributed by atoms with van der Waals surface area (Å²) in [6, 6.07) is 4.34. The predicted molar refractivity (Wildman–Crippen MR) is 73.9 cm³/mol. The quantitative estimate of drug-likeness (QED) is 0.593. The van der Waals surface area contributed by atoms with Crippen LogP contribution in [0.25, 0.3) is 0 Å². The Hall–Kier alpha value is -2.17. The first-order valence-electron chi connectivity index (χ1n) is 6.31. The van der Waals surface area contributed by atoms with E-state index in [1.54, 1.807) is 19.9 Å². The van der Waals surface area contributed by atoms with Crippen molar-refractivity contribution in [2.45, 2.75) is 13.8 Å². The molecule has 20 heavy (non-hydrogen) atoms. The lowest BCUT2D eigenvalue weighted by molar-refractivity contribution is -0.143. The number of hydrogen-bond donors (Lipinski definition) is 0. The minimum Gasteiger partial charge on any atom is -0.465 e. The summed E-state index contributed by atoms with van der Waals surface area (Å²) in [4.78, 5) is 24.9. The number of amides is 1. The van der Waals surface area contributed by atoms with Crippen molar-refractivity contribution < 1.29 is 18.7 Å². The molecule has 4 nitrogen and oxygen atoms in total. The second kappa shape index (κ2) is 7.43. The molecule has 0 unspecified atom stereocenters. The highest BCUT2D eigenvalue weighted by Gasteiger charge is 2.21. The summed E-state index contributed by atoms with van der Waals surface area (Å²) in [5.41, 5.74) is 0.654. The van der Waals surface area contributed by atoms with E-state index in [0.29, 0.717) is 0 Å². The molecule has 0 aromatic heterocycles. The largest absolute Gasteiger partial charge is 0.465 e. The molecule has 0 saturated carbocycles. The molecule has 5 heteroatoms. The third kappa shape index (κ3) is 4.19. The van der Waals surface area contributed by atoms with Crippen LogP contribution in [0.15, 0.2) is 30.9 Å². The number of carbonyl (C=O) groups is 2. The highest BCUT2D eigenvalue weighted by Crippen LogP contribution is 2.13. The van der Waals surface area contributed by atoms with Gasteiger partial charge in [0.2, 0.25) is 0 Å². The van der Waals surface area contributed by atoms with Gasteiger partial charge in [-0.3, -0.25) is 9.59 Å². The van der Waals surface area contributed by atoms with Gasteiger partial charge in [0.1, 0.15) is 12.4 Å². The van der Waals surface area contributed by atoms with Crippen LogP contribution in [0, 0.1) is 12.7 Å². The first-order valence-corrected chi connectivity index (χ1v) is 6.31. The molecular weight excluding hydrogens is 261 g/mol. The maximum absolute atomic E-state index is 13.8. The second-order valence-electron chi connectivity index (χ2n) is 4.26. The van der Waals surface area contributed by atoms with Crippen LogP contribution in [0.2, 0.25) is 0 Å². The van der Waals surface area contributed by atoms with Gasteiger partial charge in [0.25, 0.3) is 5.91 Å². The van der Waals surface area contributed by atoms with E-state index in [1.165, 1.54) is 23.1 Å². The smallest absolute Gasteiger partial charge is 0.325 e. The van der Waals surface area contributed by atoms with Crippen LogP contribution in [0.1, 0.15) is 22.8 Å². The standard InChI is InChI=1S/C15H18FNO3/c1-4-8-17(10-14(18)20-5-2)15(19)12-7-6-11(3)9-13(12)16/h4,6-7,9H,1,5,8,10H2,2-3H3. The summed E-state index contributed by atoms with van der Waals surface area (Å²) in [7, 11) is 0. The molecule has 1 aromatic rings. The van der Waals surface area contributed by atoms with Crippen molar-refractivity contribution >= 4 is 11.9 Å². The average molecular weight is 279 g/mol. The molecule has 0 radical (unpaired) electrons. The van der Waals surface area contributed by atoms with Crippen molar-refractivity contribution in [3.05, 3.63) is 47.8 Å². The summed E-state index contributed by atoms with van der Waals surface area (Å²) in [5.74, 6) is -1.70. The number of rotatable bonds is 6. The van der Waals surface area contributed by atoms with Gasteiger partial charge in [-0.2, -0.15) is 0 Å². The number of ether oxygens (including phenoxy) is 1. The van der Waals surface area contributed by atoms with E-state index in [-0.39, 0.29) is 25.3 Å². The summed E-state index contributed by atoms with van der Waals surface area (Å²) >= 11 is 0. The van der Waals surface area contributed by atoms with Gasteiger partial charge in [-0.05, 0) is 31.5 Å². The normalized spacial score (nSPS) is 9.95. The van der Waals surface area contributed by atoms with E-state index in [2.05, 4.69) is 6.58 Å². The number of esters is 1. The van der Waals surface area contributed by atoms with Gasteiger partial charge in [0.05, 0.1) is 12.2 Å². The van der Waals surface area contributed by atoms with Gasteiger partial charge in [-0.25, -0.2) is 4.39 Å². The minimum atomic E-state index is -0.604. The highest BCUT2D eigenvalue weighted by molar-refractivity contribution is 5.96. The fourth-order valence-electron chi connectivity index (χ4n) is 1.70. The second-order valence-corrected chi connectivity index (χ2v) is 4.26. The molecule has 108 valence electrons. The number of hydrogen-bond acceptors (Lipinski definition) is 3. The minimum absolute atomic E-state index is 0.0678. The van der Waals surface area contributed by atoms with Crippen LogP contribution in [0.5, 0.6) is 0 Å². The zero-order valence-electron chi connectivity index (χ0n) is 11.7. The van der Waals surface area contributed by atoms with Crippen molar-refractivity contribution in [2.75, 3.05) is 19.7 Å². The zero-order valence-corrected chi connectivity index (χ0v) is 11.7. The van der Waals surface area contributed by atoms with E-state index in [0.717, 1.165) is 5.56 Å². The number of carbonyl (C=O) groups excluding carboxylic acids is 2. The fourth-order valence-corrected chi connectivity index (χ4v) is 1.70. The van der Waals surface area contributed by atoms with E-state index in [1.807, 2.05) is 0 Å². The summed E-state index contributed by atoms with van der Waals surface area (Å²) in [5, 5.41) is 0. The maximum Gasteiger partial charge on any atom is 0.325 e. The molecule has 0 fully saturated rings. The Kier molecular flexibility index (Phi) is 5.90. The Bertz CT molecular complexity index is 514. The Morgan fingerprint density at radius 1 is 1.45 bits per heavy atom. The summed E-state index contributed by atoms with van der Waals surface area (Å²) in [6.07, 6.45) is 1.48. The van der Waals surface area contributed by atoms with Crippen LogP contribution >= 0.6 is 0 Å². The Balaban J connectivity index is 2.93. The summed E-state index contributed by atoms with van der Waals surface area (Å²) < 4.78 is 18.6. The van der Waals surface area contributed by atoms with Crippen molar-refractivity contribution in [2.24, 2.45) is 0 Å². The monoisotopic (exact) mass is 279 g/mol. The van der Waals surface area contributed by atoms with Crippen molar-refractivity contribution in [1.29, 1.82) is 0 Å². The van der Waals surface area contributed by atoms with E-state index in [9.17, 15) is 14.0 Å². The van der Waals surface area contributed by atoms with Gasteiger partial charge in [-0.1, -0.05) is 12.1 Å². The number of benzene rings is 1. The van der Waals surface area contributed by atoms with Gasteiger partial charge >= 0.3 is 5.97 Å². The van der Waals surface area contributed by atoms with Crippen LogP contribution in [0.4, 0.5) is 4.39 Å². The Labute approximate surface area is 117 Å². The van der Waals surface area contributed by atoms with Crippen LogP contribution < -0.4 is 0 Å². The van der Waals surface area contributed by atoms with Crippen molar-refractivity contribution in [3.8, 4) is 0 Å². The predicted octanol–water partition coefficient (Wildman–Crippen LogP) is 2.33. The van der Waals surface area contributed by atoms with Crippen molar-refractivity contribution in [3.63, 3.8) is 0 Å². The molecule has 0 atom stereocenters. The molecule has 0 N–H and O–H groups in total. The molecule has 0 heterocycles. The molecule has 0 aliphatic carbocycles. The van der Waals surface area contributed by atoms with E-state index in [4.69, 9.17) is 4.74 Å². The Morgan fingerprint density at radius 2 is 2.15 bits per heavy atom. The topological polar surface area (TPSA) is 46.6 Å². The SMILES string of the molecule is C=CCN(CC(=O)OCC)C(=O)c1ccc(C)cc1F. The lowest BCUT2D eigenvalue weighted by Gasteiger charge is -2.20. The first-order chi connectivity index (χ1) is 9.49. The van der Waals surface area contributed by atoms with Crippen LogP contribution in [-0.4, -0.2) is 36.5 Å². The van der Waals surface area contributed by atoms with Crippen LogP contribution in [0.3, 0.4) is 0 Å².